The highest BCUT2D eigenvalue weighted by Crippen LogP contribution is 1.99. The highest BCUT2D eigenvalue weighted by Gasteiger charge is 1.96. The van der Waals surface area contributed by atoms with E-state index in [0.717, 1.165) is 25.7 Å². The van der Waals surface area contributed by atoms with Crippen LogP contribution in [-0.2, 0) is 9.53 Å². The number of rotatable bonds is 8. The molecule has 0 unspecified atom stereocenters. The van der Waals surface area contributed by atoms with E-state index in [4.69, 9.17) is 5.11 Å². The average molecular weight is 212 g/mol. The summed E-state index contributed by atoms with van der Waals surface area (Å²) in [5.41, 5.74) is 0. The Balaban J connectivity index is 3.28. The molecule has 0 heterocycles. The van der Waals surface area contributed by atoms with Crippen molar-refractivity contribution in [2.45, 2.75) is 32.1 Å². The number of carbonyl (C=O) groups is 1. The molecule has 0 spiro atoms. The first kappa shape index (κ1) is 13.9. The number of carbonyl (C=O) groups excluding carboxylic acids is 1. The van der Waals surface area contributed by atoms with Crippen LogP contribution in [-0.4, -0.2) is 24.8 Å². The summed E-state index contributed by atoms with van der Waals surface area (Å²) in [5.74, 6) is -0.147. The van der Waals surface area contributed by atoms with E-state index in [2.05, 4.69) is 16.9 Å². The lowest BCUT2D eigenvalue weighted by atomic mass is 10.2. The third-order valence-corrected chi connectivity index (χ3v) is 1.88. The van der Waals surface area contributed by atoms with Crippen LogP contribution >= 0.6 is 0 Å². The van der Waals surface area contributed by atoms with Crippen molar-refractivity contribution in [3.63, 3.8) is 0 Å². The molecular formula is C12H20O3. The third kappa shape index (κ3) is 10.8. The van der Waals surface area contributed by atoms with Crippen molar-refractivity contribution in [2.24, 2.45) is 0 Å². The van der Waals surface area contributed by atoms with Gasteiger partial charge >= 0.3 is 5.97 Å². The fraction of sp³-hybridized carbons (Fsp3) is 0.583. The molecule has 0 aliphatic rings. The average Bonchev–Trinajstić information content (AvgIpc) is 2.26. The van der Waals surface area contributed by atoms with Crippen molar-refractivity contribution in [3.05, 3.63) is 24.3 Å². The summed E-state index contributed by atoms with van der Waals surface area (Å²) in [7, 11) is 1.41. The number of allylic oxidation sites excluding steroid dienone is 3. The molecule has 0 bridgehead atoms. The quantitative estimate of drug-likeness (QED) is 0.381. The van der Waals surface area contributed by atoms with Crippen LogP contribution in [0.15, 0.2) is 24.3 Å². The Morgan fingerprint density at radius 1 is 1.20 bits per heavy atom. The molecule has 0 aliphatic carbocycles. The molecule has 0 aromatic carbocycles. The molecule has 0 saturated carbocycles. The lowest BCUT2D eigenvalue weighted by molar-refractivity contribution is -0.140. The van der Waals surface area contributed by atoms with E-state index >= 15 is 0 Å². The molecule has 0 rings (SSSR count). The summed E-state index contributed by atoms with van der Waals surface area (Å²) in [6.07, 6.45) is 11.9. The van der Waals surface area contributed by atoms with Gasteiger partial charge in [0.25, 0.3) is 0 Å². The lowest BCUT2D eigenvalue weighted by Gasteiger charge is -1.95. The number of hydrogen-bond acceptors (Lipinski definition) is 3. The maximum Gasteiger partial charge on any atom is 0.305 e. The molecule has 0 aliphatic heterocycles. The number of ether oxygens (including phenoxy) is 1. The van der Waals surface area contributed by atoms with Crippen LogP contribution < -0.4 is 0 Å². The highest BCUT2D eigenvalue weighted by molar-refractivity contribution is 5.68. The molecule has 0 aromatic rings. The minimum Gasteiger partial charge on any atom is -0.469 e. The number of aliphatic hydroxyl groups is 1. The largest absolute Gasteiger partial charge is 0.469 e. The van der Waals surface area contributed by atoms with E-state index in [1.807, 2.05) is 12.2 Å². The van der Waals surface area contributed by atoms with Crippen LogP contribution in [0.2, 0.25) is 0 Å². The number of hydrogen-bond donors (Lipinski definition) is 1. The Labute approximate surface area is 91.4 Å². The van der Waals surface area contributed by atoms with Crippen molar-refractivity contribution in [1.82, 2.24) is 0 Å². The summed E-state index contributed by atoms with van der Waals surface area (Å²) in [6.45, 7) is 0.208. The summed E-state index contributed by atoms with van der Waals surface area (Å²) in [4.78, 5) is 10.7. The van der Waals surface area contributed by atoms with Gasteiger partial charge in [0.1, 0.15) is 0 Å². The van der Waals surface area contributed by atoms with Crippen molar-refractivity contribution in [1.29, 1.82) is 0 Å². The summed E-state index contributed by atoms with van der Waals surface area (Å²) in [5, 5.41) is 8.50. The first-order valence-corrected chi connectivity index (χ1v) is 5.29. The van der Waals surface area contributed by atoms with E-state index < -0.39 is 0 Å². The second kappa shape index (κ2) is 11.0. The van der Waals surface area contributed by atoms with E-state index in [1.54, 1.807) is 0 Å². The van der Waals surface area contributed by atoms with Crippen molar-refractivity contribution >= 4 is 5.97 Å². The van der Waals surface area contributed by atoms with Gasteiger partial charge in [0, 0.05) is 13.0 Å². The number of methoxy groups -OCH3 is 1. The van der Waals surface area contributed by atoms with Gasteiger partial charge in [-0.2, -0.15) is 0 Å². The van der Waals surface area contributed by atoms with E-state index in [1.165, 1.54) is 7.11 Å². The molecule has 86 valence electrons. The van der Waals surface area contributed by atoms with Crippen molar-refractivity contribution in [2.75, 3.05) is 13.7 Å². The minimum absolute atomic E-state index is 0.147. The predicted octanol–water partition coefficient (Wildman–Crippen LogP) is 2.21. The molecule has 3 nitrogen and oxygen atoms in total. The Morgan fingerprint density at radius 2 is 1.87 bits per heavy atom. The molecule has 15 heavy (non-hydrogen) atoms. The molecule has 0 fully saturated rings. The van der Waals surface area contributed by atoms with Gasteiger partial charge in [0.2, 0.25) is 0 Å². The highest BCUT2D eigenvalue weighted by atomic mass is 16.5. The van der Waals surface area contributed by atoms with Crippen molar-refractivity contribution < 1.29 is 14.6 Å². The normalized spacial score (nSPS) is 11.3. The Hall–Kier alpha value is -1.09. The van der Waals surface area contributed by atoms with Crippen LogP contribution in [0.5, 0.6) is 0 Å². The van der Waals surface area contributed by atoms with Gasteiger partial charge in [-0.1, -0.05) is 24.3 Å². The maximum absolute atomic E-state index is 10.7. The predicted molar refractivity (Wildman–Crippen MR) is 60.5 cm³/mol. The number of esters is 1. The van der Waals surface area contributed by atoms with E-state index in [-0.39, 0.29) is 12.6 Å². The van der Waals surface area contributed by atoms with E-state index in [0.29, 0.717) is 6.42 Å². The van der Waals surface area contributed by atoms with E-state index in [9.17, 15) is 4.79 Å². The molecule has 3 heteroatoms. The first-order chi connectivity index (χ1) is 7.31. The SMILES string of the molecule is COC(=O)CCC/C=C\C/C=C\CCO. The molecule has 0 aromatic heterocycles. The molecular weight excluding hydrogens is 192 g/mol. The Morgan fingerprint density at radius 3 is 2.47 bits per heavy atom. The van der Waals surface area contributed by atoms with Gasteiger partial charge in [-0.15, -0.1) is 0 Å². The Kier molecular flexibility index (Phi) is 10.2. The topological polar surface area (TPSA) is 46.5 Å². The zero-order valence-corrected chi connectivity index (χ0v) is 9.32. The molecule has 0 amide bonds. The van der Waals surface area contributed by atoms with Crippen LogP contribution in [0.3, 0.4) is 0 Å². The van der Waals surface area contributed by atoms with Crippen LogP contribution in [0.1, 0.15) is 32.1 Å². The standard InChI is InChI=1S/C12H20O3/c1-15-12(14)10-8-6-4-2-3-5-7-9-11-13/h2,4-5,7,13H,3,6,8-11H2,1H3/b4-2-,7-5-. The third-order valence-electron chi connectivity index (χ3n) is 1.88. The smallest absolute Gasteiger partial charge is 0.305 e. The first-order valence-electron chi connectivity index (χ1n) is 5.29. The van der Waals surface area contributed by atoms with Crippen LogP contribution in [0.25, 0.3) is 0 Å². The summed E-state index contributed by atoms with van der Waals surface area (Å²) in [6, 6.07) is 0. The summed E-state index contributed by atoms with van der Waals surface area (Å²) < 4.78 is 4.52. The number of aliphatic hydroxyl groups excluding tert-OH is 1. The summed E-state index contributed by atoms with van der Waals surface area (Å²) >= 11 is 0. The van der Waals surface area contributed by atoms with Gasteiger partial charge in [0.05, 0.1) is 7.11 Å². The van der Waals surface area contributed by atoms with Crippen molar-refractivity contribution in [3.8, 4) is 0 Å². The van der Waals surface area contributed by atoms with Gasteiger partial charge in [-0.25, -0.2) is 0 Å². The molecule has 0 radical (unpaired) electrons. The molecule has 1 N–H and O–H groups in total. The zero-order chi connectivity index (χ0) is 11.4. The second-order valence-electron chi connectivity index (χ2n) is 3.16. The van der Waals surface area contributed by atoms with Gasteiger partial charge in [-0.05, 0) is 25.7 Å². The lowest BCUT2D eigenvalue weighted by Crippen LogP contribution is -1.98. The zero-order valence-electron chi connectivity index (χ0n) is 9.32. The van der Waals surface area contributed by atoms with Gasteiger partial charge in [-0.3, -0.25) is 4.79 Å². The molecule has 0 atom stereocenters. The maximum atomic E-state index is 10.7. The minimum atomic E-state index is -0.147. The van der Waals surface area contributed by atoms with Crippen LogP contribution in [0.4, 0.5) is 0 Å². The van der Waals surface area contributed by atoms with Gasteiger partial charge in [0.15, 0.2) is 0 Å². The fourth-order valence-corrected chi connectivity index (χ4v) is 1.05. The number of unbranched alkanes of at least 4 members (excludes halogenated alkanes) is 1. The van der Waals surface area contributed by atoms with Crippen LogP contribution in [0, 0.1) is 0 Å². The fourth-order valence-electron chi connectivity index (χ4n) is 1.05. The van der Waals surface area contributed by atoms with Gasteiger partial charge < -0.3 is 9.84 Å². The Bertz CT molecular complexity index is 207. The molecule has 0 saturated heterocycles. The second-order valence-corrected chi connectivity index (χ2v) is 3.16. The monoisotopic (exact) mass is 212 g/mol.